The lowest BCUT2D eigenvalue weighted by molar-refractivity contribution is 0.0671. The van der Waals surface area contributed by atoms with E-state index in [1.807, 2.05) is 10.9 Å². The molecule has 1 unspecified atom stereocenters. The lowest BCUT2D eigenvalue weighted by Gasteiger charge is -2.21. The molecule has 0 aliphatic carbocycles. The molecule has 0 bridgehead atoms. The maximum Gasteiger partial charge on any atom is 0.0964 e. The zero-order valence-corrected chi connectivity index (χ0v) is 12.9. The van der Waals surface area contributed by atoms with Crippen LogP contribution in [0.4, 0.5) is 0 Å². The highest BCUT2D eigenvalue weighted by Gasteiger charge is 2.14. The molecule has 1 N–H and O–H groups in total. The summed E-state index contributed by atoms with van der Waals surface area (Å²) in [6, 6.07) is 0.471. The minimum atomic E-state index is 0.332. The molecule has 0 spiro atoms. The van der Waals surface area contributed by atoms with Crippen LogP contribution < -0.4 is 5.32 Å². The van der Waals surface area contributed by atoms with Crippen LogP contribution in [0, 0.1) is 0 Å². The Morgan fingerprint density at radius 3 is 3.10 bits per heavy atom. The highest BCUT2D eigenvalue weighted by Crippen LogP contribution is 2.05. The van der Waals surface area contributed by atoms with Gasteiger partial charge in [0, 0.05) is 45.0 Å². The minimum Gasteiger partial charge on any atom is -0.377 e. The Labute approximate surface area is 121 Å². The van der Waals surface area contributed by atoms with Crippen LogP contribution >= 0.6 is 0 Å². The lowest BCUT2D eigenvalue weighted by atomic mass is 10.3. The second-order valence-electron chi connectivity index (χ2n) is 5.84. The summed E-state index contributed by atoms with van der Waals surface area (Å²) >= 11 is 0. The van der Waals surface area contributed by atoms with Crippen LogP contribution in [0.3, 0.4) is 0 Å². The second-order valence-corrected chi connectivity index (χ2v) is 5.84. The van der Waals surface area contributed by atoms with Gasteiger partial charge in [-0.25, -0.2) is 0 Å². The van der Waals surface area contributed by atoms with Gasteiger partial charge in [-0.1, -0.05) is 19.1 Å². The van der Waals surface area contributed by atoms with E-state index in [1.54, 1.807) is 0 Å². The van der Waals surface area contributed by atoms with E-state index >= 15 is 0 Å². The summed E-state index contributed by atoms with van der Waals surface area (Å²) in [4.78, 5) is 2.45. The van der Waals surface area contributed by atoms with E-state index in [0.717, 1.165) is 51.4 Å². The Hall–Kier alpha value is -0.980. The number of hydrogen-bond acceptors (Lipinski definition) is 5. The molecule has 1 aromatic heterocycles. The Bertz CT molecular complexity index is 393. The number of nitrogens with one attached hydrogen (secondary N) is 1. The molecule has 0 aromatic carbocycles. The maximum atomic E-state index is 5.66. The van der Waals surface area contributed by atoms with Crippen LogP contribution in [-0.4, -0.2) is 58.3 Å². The Morgan fingerprint density at radius 1 is 1.45 bits per heavy atom. The van der Waals surface area contributed by atoms with Crippen molar-refractivity contribution in [1.29, 1.82) is 0 Å². The van der Waals surface area contributed by atoms with Crippen molar-refractivity contribution in [2.45, 2.75) is 52.4 Å². The monoisotopic (exact) mass is 281 g/mol. The summed E-state index contributed by atoms with van der Waals surface area (Å²) < 4.78 is 7.60. The van der Waals surface area contributed by atoms with Crippen LogP contribution in [0.5, 0.6) is 0 Å². The fraction of sp³-hybridized carbons (Fsp3) is 0.857. The van der Waals surface area contributed by atoms with Gasteiger partial charge in [-0.2, -0.15) is 0 Å². The second kappa shape index (κ2) is 7.71. The van der Waals surface area contributed by atoms with E-state index in [1.165, 1.54) is 0 Å². The van der Waals surface area contributed by atoms with Crippen LogP contribution in [0.1, 0.15) is 32.9 Å². The van der Waals surface area contributed by atoms with Crippen molar-refractivity contribution in [1.82, 2.24) is 25.2 Å². The molecule has 1 atom stereocenters. The summed E-state index contributed by atoms with van der Waals surface area (Å²) in [5, 5.41) is 11.7. The summed E-state index contributed by atoms with van der Waals surface area (Å²) in [5.74, 6) is 0. The molecular weight excluding hydrogens is 254 g/mol. The van der Waals surface area contributed by atoms with Gasteiger partial charge in [-0.3, -0.25) is 9.58 Å². The van der Waals surface area contributed by atoms with Crippen molar-refractivity contribution in [3.63, 3.8) is 0 Å². The van der Waals surface area contributed by atoms with Crippen molar-refractivity contribution >= 4 is 0 Å². The molecule has 1 saturated heterocycles. The van der Waals surface area contributed by atoms with E-state index in [4.69, 9.17) is 4.74 Å². The molecule has 1 aliphatic rings. The maximum absolute atomic E-state index is 5.66. The van der Waals surface area contributed by atoms with Crippen LogP contribution in [0.25, 0.3) is 0 Å². The van der Waals surface area contributed by atoms with Crippen molar-refractivity contribution in [3.8, 4) is 0 Å². The zero-order valence-electron chi connectivity index (χ0n) is 12.9. The average Bonchev–Trinajstić information content (AvgIpc) is 2.76. The molecule has 114 valence electrons. The standard InChI is InChI=1S/C14H27N5O/c1-12(2)15-9-14-11-19(17-16-14)7-6-18-5-4-8-20-13(3)10-18/h11-13,15H,4-10H2,1-3H3. The van der Waals surface area contributed by atoms with Gasteiger partial charge in [0.1, 0.15) is 0 Å². The third kappa shape index (κ3) is 5.19. The molecule has 0 amide bonds. The van der Waals surface area contributed by atoms with Crippen molar-refractivity contribution < 1.29 is 4.74 Å². The van der Waals surface area contributed by atoms with Crippen LogP contribution in [0.2, 0.25) is 0 Å². The van der Waals surface area contributed by atoms with E-state index in [0.29, 0.717) is 12.1 Å². The fourth-order valence-corrected chi connectivity index (χ4v) is 2.36. The summed E-state index contributed by atoms with van der Waals surface area (Å²) in [5.41, 5.74) is 1.01. The third-order valence-electron chi connectivity index (χ3n) is 3.46. The molecule has 6 nitrogen and oxygen atoms in total. The minimum absolute atomic E-state index is 0.332. The third-order valence-corrected chi connectivity index (χ3v) is 3.46. The van der Waals surface area contributed by atoms with Gasteiger partial charge in [-0.05, 0) is 13.3 Å². The molecule has 0 saturated carbocycles. The van der Waals surface area contributed by atoms with Gasteiger partial charge in [0.15, 0.2) is 0 Å². The van der Waals surface area contributed by atoms with E-state index < -0.39 is 0 Å². The first-order valence-electron chi connectivity index (χ1n) is 7.60. The molecular formula is C14H27N5O. The molecule has 0 radical (unpaired) electrons. The normalized spacial score (nSPS) is 21.3. The summed E-state index contributed by atoms with van der Waals surface area (Å²) in [6.45, 7) is 12.1. The predicted octanol–water partition coefficient (Wildman–Crippen LogP) is 0.887. The SMILES string of the molecule is CC(C)NCc1cn(CCN2CCCOC(C)C2)nn1. The Kier molecular flexibility index (Phi) is 5.94. The Morgan fingerprint density at radius 2 is 2.30 bits per heavy atom. The van der Waals surface area contributed by atoms with Crippen molar-refractivity contribution in [3.05, 3.63) is 11.9 Å². The zero-order chi connectivity index (χ0) is 14.4. The first-order chi connectivity index (χ1) is 9.63. The number of hydrogen-bond donors (Lipinski definition) is 1. The van der Waals surface area contributed by atoms with Crippen LogP contribution in [-0.2, 0) is 17.8 Å². The van der Waals surface area contributed by atoms with Gasteiger partial charge < -0.3 is 10.1 Å². The molecule has 1 aromatic rings. The quantitative estimate of drug-likeness (QED) is 0.839. The fourth-order valence-electron chi connectivity index (χ4n) is 2.36. The summed E-state index contributed by atoms with van der Waals surface area (Å²) in [6.07, 6.45) is 3.48. The number of aromatic nitrogens is 3. The average molecular weight is 281 g/mol. The Balaban J connectivity index is 1.75. The highest BCUT2D eigenvalue weighted by atomic mass is 16.5. The van der Waals surface area contributed by atoms with Crippen molar-refractivity contribution in [2.75, 3.05) is 26.2 Å². The van der Waals surface area contributed by atoms with E-state index in [-0.39, 0.29) is 0 Å². The van der Waals surface area contributed by atoms with Gasteiger partial charge >= 0.3 is 0 Å². The largest absolute Gasteiger partial charge is 0.377 e. The van der Waals surface area contributed by atoms with Crippen molar-refractivity contribution in [2.24, 2.45) is 0 Å². The van der Waals surface area contributed by atoms with Gasteiger partial charge in [0.25, 0.3) is 0 Å². The smallest absolute Gasteiger partial charge is 0.0964 e. The molecule has 2 rings (SSSR count). The highest BCUT2D eigenvalue weighted by molar-refractivity contribution is 4.91. The molecule has 20 heavy (non-hydrogen) atoms. The van der Waals surface area contributed by atoms with Gasteiger partial charge in [-0.15, -0.1) is 5.10 Å². The van der Waals surface area contributed by atoms with E-state index in [9.17, 15) is 0 Å². The topological polar surface area (TPSA) is 55.2 Å². The molecule has 1 aliphatic heterocycles. The number of ether oxygens (including phenoxy) is 1. The molecule has 2 heterocycles. The van der Waals surface area contributed by atoms with Gasteiger partial charge in [0.2, 0.25) is 0 Å². The van der Waals surface area contributed by atoms with Gasteiger partial charge in [0.05, 0.1) is 18.3 Å². The summed E-state index contributed by atoms with van der Waals surface area (Å²) in [7, 11) is 0. The van der Waals surface area contributed by atoms with Crippen LogP contribution in [0.15, 0.2) is 6.20 Å². The first kappa shape index (κ1) is 15.4. The molecule has 1 fully saturated rings. The first-order valence-corrected chi connectivity index (χ1v) is 7.60. The predicted molar refractivity (Wildman–Crippen MR) is 78.5 cm³/mol. The number of nitrogens with zero attached hydrogens (tertiary/aromatic N) is 4. The number of rotatable bonds is 6. The van der Waals surface area contributed by atoms with E-state index in [2.05, 4.69) is 41.3 Å². The lowest BCUT2D eigenvalue weighted by Crippen LogP contribution is -2.33. The molecule has 6 heteroatoms.